The number of anilines is 6. The zero-order valence-corrected chi connectivity index (χ0v) is 49.4. The maximum atomic E-state index is 5.52. The second-order valence-corrected chi connectivity index (χ2v) is 26.3. The van der Waals surface area contributed by atoms with Crippen LogP contribution in [0.2, 0.25) is 0 Å². The van der Waals surface area contributed by atoms with E-state index in [4.69, 9.17) is 15.0 Å². The van der Waals surface area contributed by atoms with E-state index in [-0.39, 0.29) is 17.5 Å². The summed E-state index contributed by atoms with van der Waals surface area (Å²) in [7, 11) is 0. The van der Waals surface area contributed by atoms with Crippen molar-refractivity contribution in [1.82, 2.24) is 15.0 Å². The van der Waals surface area contributed by atoms with Crippen LogP contribution in [0.4, 0.5) is 34.1 Å². The quantitative estimate of drug-likeness (QED) is 0.0976. The molecule has 2 aliphatic heterocycles. The van der Waals surface area contributed by atoms with Crippen LogP contribution >= 0.6 is 0 Å². The Kier molecular flexibility index (Phi) is 10.4. The highest BCUT2D eigenvalue weighted by molar-refractivity contribution is 7.03. The van der Waals surface area contributed by atoms with Crippen molar-refractivity contribution in [3.63, 3.8) is 0 Å². The van der Waals surface area contributed by atoms with Gasteiger partial charge in [0.2, 0.25) is 0 Å². The molecule has 0 saturated heterocycles. The zero-order valence-electron chi connectivity index (χ0n) is 49.4. The van der Waals surface area contributed by atoms with E-state index < -0.39 is 0 Å². The highest BCUT2D eigenvalue weighted by Gasteiger charge is 2.46. The summed E-state index contributed by atoms with van der Waals surface area (Å²) in [5, 5.41) is 20.3. The first kappa shape index (κ1) is 49.9. The Hall–Kier alpha value is -10.4. The Morgan fingerprint density at radius 2 is 0.598 bits per heavy atom. The van der Waals surface area contributed by atoms with E-state index in [1.54, 1.807) is 0 Å². The van der Waals surface area contributed by atoms with Crippen molar-refractivity contribution < 1.29 is 0 Å². The average Bonchev–Trinajstić information content (AvgIpc) is 0.728. The SMILES string of the molecule is CC(C)(C)c1ccc(N2c3cc(-c4nc(-c5ccccc5)nc(-c5ccccc5)n4)cc4c3B(c3c2cc2c5cccc6cccc(c7cccc3c72)c65)c2c(cc3c5cccc6cccc(c7cccc2c73)c65)N4c2ccc(C(C)(C)C)cc2)cc1. The number of hydrogen-bond acceptors (Lipinski definition) is 5. The molecule has 87 heavy (non-hydrogen) atoms. The van der Waals surface area contributed by atoms with E-state index in [1.807, 2.05) is 12.1 Å². The van der Waals surface area contributed by atoms with Crippen molar-refractivity contribution in [2.24, 2.45) is 0 Å². The molecule has 15 aromatic carbocycles. The molecule has 6 heteroatoms. The fraction of sp³-hybridized carbons (Fsp3) is 0.0988. The van der Waals surface area contributed by atoms with E-state index in [2.05, 4.69) is 282 Å². The number of hydrogen-bond donors (Lipinski definition) is 0. The van der Waals surface area contributed by atoms with Crippen molar-refractivity contribution in [2.45, 2.75) is 52.4 Å². The van der Waals surface area contributed by atoms with E-state index >= 15 is 0 Å². The van der Waals surface area contributed by atoms with Crippen LogP contribution in [0.25, 0.3) is 120 Å². The highest BCUT2D eigenvalue weighted by atomic mass is 15.2. The van der Waals surface area contributed by atoms with Gasteiger partial charge in [0.25, 0.3) is 6.71 Å². The first-order valence-corrected chi connectivity index (χ1v) is 30.5. The maximum absolute atomic E-state index is 5.52. The lowest BCUT2D eigenvalue weighted by Crippen LogP contribution is -2.61. The standard InChI is InChI=1S/C81H58BN5/c1-80(2,3)52-35-39-54(40-36-52)86-66-43-51(79-84-77(49-19-9-7-10-20-49)83-78(85-79)50-21-11-8-12-22-50)44-67-76(66)82(74-62-33-17-31-58-56-27-13-23-47-25-15-29-60(70(47)56)64(72(58)62)45-68(74)86)75-63-34-18-32-59-57-28-14-24-48-26-16-30-61(71(48)57)65(73(59)63)46-69(75)87(67)55-41-37-53(38-42-55)81(4,5)6/h7-46H,1-6H3. The Balaban J connectivity index is 1.05. The molecule has 0 spiro atoms. The molecule has 0 radical (unpaired) electrons. The molecule has 18 rings (SSSR count). The third kappa shape index (κ3) is 7.25. The topological polar surface area (TPSA) is 45.2 Å². The van der Waals surface area contributed by atoms with Gasteiger partial charge in [-0.2, -0.15) is 0 Å². The van der Waals surface area contributed by atoms with Gasteiger partial charge in [0.05, 0.1) is 0 Å². The number of benzene rings is 15. The normalized spacial score (nSPS) is 13.3. The first-order chi connectivity index (χ1) is 42.4. The Bertz CT molecular complexity index is 5180. The van der Waals surface area contributed by atoms with Crippen LogP contribution in [0.1, 0.15) is 52.7 Å². The van der Waals surface area contributed by atoms with Crippen molar-refractivity contribution in [3.05, 3.63) is 254 Å². The van der Waals surface area contributed by atoms with Crippen LogP contribution in [0.15, 0.2) is 243 Å². The second kappa shape index (κ2) is 18.1. The molecule has 16 aromatic rings. The van der Waals surface area contributed by atoms with Crippen LogP contribution in [0, 0.1) is 0 Å². The molecule has 2 aliphatic rings. The highest BCUT2D eigenvalue weighted by Crippen LogP contribution is 2.52. The van der Waals surface area contributed by atoms with E-state index in [1.165, 1.54) is 114 Å². The van der Waals surface area contributed by atoms with Crippen LogP contribution < -0.4 is 26.2 Å². The number of aromatic nitrogens is 3. The predicted molar refractivity (Wildman–Crippen MR) is 370 cm³/mol. The Labute approximate surface area is 505 Å². The summed E-state index contributed by atoms with van der Waals surface area (Å²) in [4.78, 5) is 21.5. The number of nitrogens with zero attached hydrogens (tertiary/aromatic N) is 5. The minimum atomic E-state index is -0.239. The molecule has 0 N–H and O–H groups in total. The molecule has 0 saturated carbocycles. The van der Waals surface area contributed by atoms with E-state index in [0.29, 0.717) is 17.5 Å². The Morgan fingerprint density at radius 1 is 0.276 bits per heavy atom. The summed E-state index contributed by atoms with van der Waals surface area (Å²) < 4.78 is 0. The van der Waals surface area contributed by atoms with Crippen LogP contribution in [0.5, 0.6) is 0 Å². The summed E-state index contributed by atoms with van der Waals surface area (Å²) >= 11 is 0. The third-order valence-electron chi connectivity index (χ3n) is 19.2. The molecule has 0 unspecified atom stereocenters. The smallest absolute Gasteiger partial charge is 0.253 e. The third-order valence-corrected chi connectivity index (χ3v) is 19.2. The zero-order chi connectivity index (χ0) is 58.2. The van der Waals surface area contributed by atoms with Gasteiger partial charge in [0.1, 0.15) is 0 Å². The van der Waals surface area contributed by atoms with Gasteiger partial charge in [-0.15, -0.1) is 0 Å². The molecule has 3 heterocycles. The van der Waals surface area contributed by atoms with Gasteiger partial charge in [-0.1, -0.05) is 236 Å². The van der Waals surface area contributed by atoms with Crippen LogP contribution in [0.3, 0.4) is 0 Å². The maximum Gasteiger partial charge on any atom is 0.253 e. The number of fused-ring (bicyclic) bond motifs is 10. The Morgan fingerprint density at radius 3 is 0.977 bits per heavy atom. The van der Waals surface area contributed by atoms with Gasteiger partial charge < -0.3 is 9.80 Å². The van der Waals surface area contributed by atoms with Crippen molar-refractivity contribution >= 4 is 143 Å². The minimum Gasteiger partial charge on any atom is -0.311 e. The summed E-state index contributed by atoms with van der Waals surface area (Å²) in [5.74, 6) is 1.84. The first-order valence-electron chi connectivity index (χ1n) is 30.5. The van der Waals surface area contributed by atoms with Crippen LogP contribution in [-0.2, 0) is 10.8 Å². The van der Waals surface area contributed by atoms with Crippen molar-refractivity contribution in [1.29, 1.82) is 0 Å². The second-order valence-electron chi connectivity index (χ2n) is 26.3. The van der Waals surface area contributed by atoms with E-state index in [0.717, 1.165) is 50.8 Å². The fourth-order valence-corrected chi connectivity index (χ4v) is 15.2. The lowest BCUT2D eigenvalue weighted by Gasteiger charge is -2.45. The van der Waals surface area contributed by atoms with Gasteiger partial charge in [0, 0.05) is 50.8 Å². The average molecular weight is 1110 g/mol. The molecular weight excluding hydrogens is 1050 g/mol. The molecule has 5 nitrogen and oxygen atoms in total. The monoisotopic (exact) mass is 1110 g/mol. The molecule has 0 bridgehead atoms. The van der Waals surface area contributed by atoms with Crippen molar-refractivity contribution in [2.75, 3.05) is 9.80 Å². The molecule has 0 aliphatic carbocycles. The molecule has 0 fully saturated rings. The van der Waals surface area contributed by atoms with Crippen LogP contribution in [-0.4, -0.2) is 21.7 Å². The van der Waals surface area contributed by atoms with Crippen molar-refractivity contribution in [3.8, 4) is 34.2 Å². The van der Waals surface area contributed by atoms with Gasteiger partial charge in [-0.25, -0.2) is 15.0 Å². The predicted octanol–water partition coefficient (Wildman–Crippen LogP) is 19.7. The lowest BCUT2D eigenvalue weighted by molar-refractivity contribution is 0.590. The van der Waals surface area contributed by atoms with E-state index in [9.17, 15) is 0 Å². The molecule has 0 atom stereocenters. The summed E-state index contributed by atoms with van der Waals surface area (Å²) in [5.41, 5.74) is 15.7. The minimum absolute atomic E-state index is 0.0584. The summed E-state index contributed by atoms with van der Waals surface area (Å²) in [6.45, 7) is 13.6. The summed E-state index contributed by atoms with van der Waals surface area (Å²) in [6.07, 6.45) is 0. The molecule has 1 aromatic heterocycles. The number of rotatable bonds is 5. The van der Waals surface area contributed by atoms with Gasteiger partial charge >= 0.3 is 0 Å². The molecule has 410 valence electrons. The summed E-state index contributed by atoms with van der Waals surface area (Å²) in [6, 6.07) is 91.0. The molecule has 0 amide bonds. The van der Waals surface area contributed by atoms with Gasteiger partial charge in [-0.3, -0.25) is 0 Å². The lowest BCUT2D eigenvalue weighted by atomic mass is 9.32. The molecular formula is C81H58BN5. The van der Waals surface area contributed by atoms with Gasteiger partial charge in [-0.05, 0) is 173 Å². The van der Waals surface area contributed by atoms with Gasteiger partial charge in [0.15, 0.2) is 17.5 Å². The fourth-order valence-electron chi connectivity index (χ4n) is 15.2. The largest absolute Gasteiger partial charge is 0.311 e.